The van der Waals surface area contributed by atoms with Gasteiger partial charge in [-0.05, 0) is 48.5 Å². The molecule has 3 aromatic rings. The predicted octanol–water partition coefficient (Wildman–Crippen LogP) is 3.74. The lowest BCUT2D eigenvalue weighted by molar-refractivity contribution is 0.102. The van der Waals surface area contributed by atoms with Crippen LogP contribution in [0.15, 0.2) is 73.1 Å². The van der Waals surface area contributed by atoms with Crippen LogP contribution in [0, 0.1) is 0 Å². The molecule has 0 aliphatic rings. The molecule has 0 fully saturated rings. The van der Waals surface area contributed by atoms with Gasteiger partial charge < -0.3 is 14.6 Å². The molecule has 0 aliphatic heterocycles. The minimum atomic E-state index is -0.163. The molecule has 1 aromatic heterocycles. The van der Waals surface area contributed by atoms with Crippen molar-refractivity contribution < 1.29 is 9.53 Å². The second-order valence-corrected chi connectivity index (χ2v) is 4.79. The molecule has 1 N–H and O–H groups in total. The van der Waals surface area contributed by atoms with Crippen molar-refractivity contribution >= 4 is 11.6 Å². The molecular formula is C18H16N2O2. The molecule has 0 unspecified atom stereocenters. The maximum Gasteiger partial charge on any atom is 0.255 e. The number of nitrogens with zero attached hydrogens (tertiary/aromatic N) is 1. The third kappa shape index (κ3) is 2.86. The minimum absolute atomic E-state index is 0.163. The van der Waals surface area contributed by atoms with Gasteiger partial charge in [0, 0.05) is 23.6 Å². The van der Waals surface area contributed by atoms with Gasteiger partial charge in [-0.25, -0.2) is 0 Å². The Balaban J connectivity index is 1.78. The summed E-state index contributed by atoms with van der Waals surface area (Å²) in [5.74, 6) is 0.475. The third-order valence-corrected chi connectivity index (χ3v) is 3.39. The van der Waals surface area contributed by atoms with E-state index in [1.807, 2.05) is 65.5 Å². The largest absolute Gasteiger partial charge is 0.495 e. The van der Waals surface area contributed by atoms with E-state index in [9.17, 15) is 4.79 Å². The van der Waals surface area contributed by atoms with Crippen LogP contribution in [-0.4, -0.2) is 17.6 Å². The first-order valence-corrected chi connectivity index (χ1v) is 6.96. The summed E-state index contributed by atoms with van der Waals surface area (Å²) < 4.78 is 7.22. The first-order valence-electron chi connectivity index (χ1n) is 6.96. The molecular weight excluding hydrogens is 276 g/mol. The Labute approximate surface area is 129 Å². The fourth-order valence-electron chi connectivity index (χ4n) is 2.23. The predicted molar refractivity (Wildman–Crippen MR) is 86.7 cm³/mol. The van der Waals surface area contributed by atoms with E-state index in [1.54, 1.807) is 19.2 Å². The average molecular weight is 292 g/mol. The lowest BCUT2D eigenvalue weighted by atomic mass is 10.2. The van der Waals surface area contributed by atoms with Gasteiger partial charge in [-0.3, -0.25) is 4.79 Å². The van der Waals surface area contributed by atoms with Crippen molar-refractivity contribution in [3.63, 3.8) is 0 Å². The summed E-state index contributed by atoms with van der Waals surface area (Å²) in [6.45, 7) is 0. The van der Waals surface area contributed by atoms with Gasteiger partial charge in [0.05, 0.1) is 12.8 Å². The summed E-state index contributed by atoms with van der Waals surface area (Å²) in [6.07, 6.45) is 3.92. The van der Waals surface area contributed by atoms with E-state index in [4.69, 9.17) is 4.74 Å². The van der Waals surface area contributed by atoms with Crippen LogP contribution in [0.25, 0.3) is 5.69 Å². The quantitative estimate of drug-likeness (QED) is 0.796. The SMILES string of the molecule is COc1ccccc1NC(=O)c1ccc(-n2cccc2)cc1. The van der Waals surface area contributed by atoms with Gasteiger partial charge in [-0.2, -0.15) is 0 Å². The zero-order valence-corrected chi connectivity index (χ0v) is 12.2. The molecule has 0 bridgehead atoms. The van der Waals surface area contributed by atoms with Crippen LogP contribution in [0.2, 0.25) is 0 Å². The number of nitrogens with one attached hydrogen (secondary N) is 1. The van der Waals surface area contributed by atoms with E-state index in [0.29, 0.717) is 17.0 Å². The van der Waals surface area contributed by atoms with Gasteiger partial charge in [0.2, 0.25) is 0 Å². The number of methoxy groups -OCH3 is 1. The van der Waals surface area contributed by atoms with Gasteiger partial charge in [0.1, 0.15) is 5.75 Å². The molecule has 1 heterocycles. The lowest BCUT2D eigenvalue weighted by Crippen LogP contribution is -2.12. The normalized spacial score (nSPS) is 10.2. The van der Waals surface area contributed by atoms with E-state index in [0.717, 1.165) is 5.69 Å². The molecule has 0 saturated carbocycles. The molecule has 3 rings (SSSR count). The van der Waals surface area contributed by atoms with E-state index in [2.05, 4.69) is 5.32 Å². The van der Waals surface area contributed by atoms with Crippen molar-refractivity contribution in [1.82, 2.24) is 4.57 Å². The van der Waals surface area contributed by atoms with Crippen molar-refractivity contribution in [3.05, 3.63) is 78.6 Å². The van der Waals surface area contributed by atoms with Crippen LogP contribution in [0.5, 0.6) is 5.75 Å². The lowest BCUT2D eigenvalue weighted by Gasteiger charge is -2.10. The highest BCUT2D eigenvalue weighted by molar-refractivity contribution is 6.05. The summed E-state index contributed by atoms with van der Waals surface area (Å²) >= 11 is 0. The number of ether oxygens (including phenoxy) is 1. The van der Waals surface area contributed by atoms with E-state index in [1.165, 1.54) is 0 Å². The molecule has 0 spiro atoms. The Bertz CT molecular complexity index is 762. The maximum atomic E-state index is 12.3. The number of carbonyl (C=O) groups excluding carboxylic acids is 1. The van der Waals surface area contributed by atoms with Gasteiger partial charge in [0.15, 0.2) is 0 Å². The Morgan fingerprint density at radius 1 is 0.955 bits per heavy atom. The molecule has 0 radical (unpaired) electrons. The van der Waals surface area contributed by atoms with Crippen molar-refractivity contribution in [1.29, 1.82) is 0 Å². The van der Waals surface area contributed by atoms with Crippen LogP contribution < -0.4 is 10.1 Å². The van der Waals surface area contributed by atoms with Crippen molar-refractivity contribution in [2.24, 2.45) is 0 Å². The van der Waals surface area contributed by atoms with Gasteiger partial charge in [-0.1, -0.05) is 12.1 Å². The number of benzene rings is 2. The molecule has 0 aliphatic carbocycles. The van der Waals surface area contributed by atoms with Gasteiger partial charge >= 0.3 is 0 Å². The van der Waals surface area contributed by atoms with Crippen molar-refractivity contribution in [2.45, 2.75) is 0 Å². The monoisotopic (exact) mass is 292 g/mol. The zero-order chi connectivity index (χ0) is 15.4. The number of aromatic nitrogens is 1. The highest BCUT2D eigenvalue weighted by Crippen LogP contribution is 2.23. The fraction of sp³-hybridized carbons (Fsp3) is 0.0556. The fourth-order valence-corrected chi connectivity index (χ4v) is 2.23. The molecule has 0 saturated heterocycles. The number of hydrogen-bond donors (Lipinski definition) is 1. The summed E-state index contributed by atoms with van der Waals surface area (Å²) in [6, 6.07) is 18.7. The van der Waals surface area contributed by atoms with Gasteiger partial charge in [0.25, 0.3) is 5.91 Å². The maximum absolute atomic E-state index is 12.3. The van der Waals surface area contributed by atoms with E-state index < -0.39 is 0 Å². The topological polar surface area (TPSA) is 43.3 Å². The molecule has 110 valence electrons. The molecule has 0 atom stereocenters. The number of amides is 1. The molecule has 22 heavy (non-hydrogen) atoms. The van der Waals surface area contributed by atoms with Crippen LogP contribution in [0.1, 0.15) is 10.4 Å². The van der Waals surface area contributed by atoms with E-state index >= 15 is 0 Å². The molecule has 1 amide bonds. The second-order valence-electron chi connectivity index (χ2n) is 4.79. The highest BCUT2D eigenvalue weighted by Gasteiger charge is 2.09. The standard InChI is InChI=1S/C18H16N2O2/c1-22-17-7-3-2-6-16(17)19-18(21)14-8-10-15(11-9-14)20-12-4-5-13-20/h2-13H,1H3,(H,19,21). The smallest absolute Gasteiger partial charge is 0.255 e. The zero-order valence-electron chi connectivity index (χ0n) is 12.2. The number of hydrogen-bond acceptors (Lipinski definition) is 2. The highest BCUT2D eigenvalue weighted by atomic mass is 16.5. The number of anilines is 1. The molecule has 2 aromatic carbocycles. The van der Waals surface area contributed by atoms with Crippen molar-refractivity contribution in [3.8, 4) is 11.4 Å². The Morgan fingerprint density at radius 2 is 1.64 bits per heavy atom. The Morgan fingerprint density at radius 3 is 2.32 bits per heavy atom. The summed E-state index contributed by atoms with van der Waals surface area (Å²) in [5.41, 5.74) is 2.27. The Kier molecular flexibility index (Phi) is 3.92. The summed E-state index contributed by atoms with van der Waals surface area (Å²) in [4.78, 5) is 12.3. The van der Waals surface area contributed by atoms with E-state index in [-0.39, 0.29) is 5.91 Å². The van der Waals surface area contributed by atoms with Crippen LogP contribution >= 0.6 is 0 Å². The summed E-state index contributed by atoms with van der Waals surface area (Å²) in [5, 5.41) is 2.86. The molecule has 4 heteroatoms. The minimum Gasteiger partial charge on any atom is -0.495 e. The van der Waals surface area contributed by atoms with Crippen LogP contribution in [0.3, 0.4) is 0 Å². The van der Waals surface area contributed by atoms with Crippen LogP contribution in [-0.2, 0) is 0 Å². The summed E-state index contributed by atoms with van der Waals surface area (Å²) in [7, 11) is 1.58. The van der Waals surface area contributed by atoms with Crippen molar-refractivity contribution in [2.75, 3.05) is 12.4 Å². The van der Waals surface area contributed by atoms with Gasteiger partial charge in [-0.15, -0.1) is 0 Å². The first-order chi connectivity index (χ1) is 10.8. The number of rotatable bonds is 4. The second kappa shape index (κ2) is 6.18. The Hall–Kier alpha value is -3.01. The van der Waals surface area contributed by atoms with Crippen LogP contribution in [0.4, 0.5) is 5.69 Å². The molecule has 4 nitrogen and oxygen atoms in total. The first kappa shape index (κ1) is 13.9. The third-order valence-electron chi connectivity index (χ3n) is 3.39. The average Bonchev–Trinajstić information content (AvgIpc) is 3.10. The number of carbonyl (C=O) groups is 1. The number of para-hydroxylation sites is 2.